The third-order valence-corrected chi connectivity index (χ3v) is 6.43. The van der Waals surface area contributed by atoms with Gasteiger partial charge in [0.05, 0.1) is 5.92 Å². The van der Waals surface area contributed by atoms with E-state index >= 15 is 0 Å². The molecule has 0 heterocycles. The van der Waals surface area contributed by atoms with Crippen LogP contribution in [0.1, 0.15) is 63.9 Å². The van der Waals surface area contributed by atoms with Crippen molar-refractivity contribution in [3.8, 4) is 0 Å². The molecule has 3 rings (SSSR count). The van der Waals surface area contributed by atoms with Crippen LogP contribution >= 0.6 is 0 Å². The SMILES string of the molecule is CC(NC(=O)NC1CCC(C(=O)O)CC1)C1(c2ccccc2)CCCC1. The highest BCUT2D eigenvalue weighted by Crippen LogP contribution is 2.43. The molecule has 2 aliphatic carbocycles. The summed E-state index contributed by atoms with van der Waals surface area (Å²) in [6.07, 6.45) is 7.35. The molecule has 2 amide bonds. The van der Waals surface area contributed by atoms with Crippen LogP contribution in [-0.2, 0) is 10.2 Å². The Balaban J connectivity index is 1.57. The Bertz CT molecular complexity index is 617. The first kappa shape index (κ1) is 18.7. The molecule has 1 atom stereocenters. The van der Waals surface area contributed by atoms with Crippen LogP contribution in [0.25, 0.3) is 0 Å². The molecule has 1 unspecified atom stereocenters. The number of nitrogens with one attached hydrogen (secondary N) is 2. The van der Waals surface area contributed by atoms with E-state index in [0.29, 0.717) is 12.8 Å². The predicted molar refractivity (Wildman–Crippen MR) is 101 cm³/mol. The van der Waals surface area contributed by atoms with Crippen LogP contribution in [-0.4, -0.2) is 29.2 Å². The van der Waals surface area contributed by atoms with E-state index in [1.165, 1.54) is 18.4 Å². The summed E-state index contributed by atoms with van der Waals surface area (Å²) in [6, 6.07) is 10.5. The van der Waals surface area contributed by atoms with Gasteiger partial charge in [0.25, 0.3) is 0 Å². The highest BCUT2D eigenvalue weighted by molar-refractivity contribution is 5.75. The molecule has 2 saturated carbocycles. The number of carboxylic acid groups (broad SMARTS) is 1. The second-order valence-corrected chi connectivity index (χ2v) is 7.96. The van der Waals surface area contributed by atoms with E-state index in [-0.39, 0.29) is 29.4 Å². The van der Waals surface area contributed by atoms with Crippen LogP contribution in [0.15, 0.2) is 30.3 Å². The van der Waals surface area contributed by atoms with E-state index in [9.17, 15) is 9.59 Å². The minimum atomic E-state index is -0.715. The zero-order chi connectivity index (χ0) is 18.6. The van der Waals surface area contributed by atoms with Crippen molar-refractivity contribution < 1.29 is 14.7 Å². The first-order valence-corrected chi connectivity index (χ1v) is 9.86. The van der Waals surface area contributed by atoms with Gasteiger partial charge in [0.1, 0.15) is 0 Å². The maximum Gasteiger partial charge on any atom is 0.315 e. The Kier molecular flexibility index (Phi) is 5.84. The van der Waals surface area contributed by atoms with Gasteiger partial charge in [-0.15, -0.1) is 0 Å². The van der Waals surface area contributed by atoms with Crippen molar-refractivity contribution >= 4 is 12.0 Å². The summed E-state index contributed by atoms with van der Waals surface area (Å²) < 4.78 is 0. The van der Waals surface area contributed by atoms with Crippen LogP contribution in [0.3, 0.4) is 0 Å². The van der Waals surface area contributed by atoms with E-state index in [1.54, 1.807) is 0 Å². The fraction of sp³-hybridized carbons (Fsp3) is 0.619. The van der Waals surface area contributed by atoms with Crippen LogP contribution < -0.4 is 10.6 Å². The number of urea groups is 1. The van der Waals surface area contributed by atoms with Crippen molar-refractivity contribution in [1.29, 1.82) is 0 Å². The highest BCUT2D eigenvalue weighted by atomic mass is 16.4. The Morgan fingerprint density at radius 2 is 1.69 bits per heavy atom. The first-order chi connectivity index (χ1) is 12.5. The van der Waals surface area contributed by atoms with E-state index in [4.69, 9.17) is 5.11 Å². The van der Waals surface area contributed by atoms with Gasteiger partial charge in [-0.3, -0.25) is 4.79 Å². The molecule has 5 nitrogen and oxygen atoms in total. The van der Waals surface area contributed by atoms with Crippen molar-refractivity contribution in [3.05, 3.63) is 35.9 Å². The monoisotopic (exact) mass is 358 g/mol. The number of benzene rings is 1. The number of rotatable bonds is 5. The summed E-state index contributed by atoms with van der Waals surface area (Å²) in [5.41, 5.74) is 1.33. The molecule has 0 radical (unpaired) electrons. The van der Waals surface area contributed by atoms with Crippen molar-refractivity contribution in [3.63, 3.8) is 0 Å². The zero-order valence-electron chi connectivity index (χ0n) is 15.5. The molecule has 142 valence electrons. The van der Waals surface area contributed by atoms with Crippen LogP contribution in [0.4, 0.5) is 4.79 Å². The molecule has 5 heteroatoms. The number of hydrogen-bond acceptors (Lipinski definition) is 2. The van der Waals surface area contributed by atoms with Crippen LogP contribution in [0.5, 0.6) is 0 Å². The average molecular weight is 358 g/mol. The molecule has 2 aliphatic rings. The second-order valence-electron chi connectivity index (χ2n) is 7.96. The number of carbonyl (C=O) groups is 2. The van der Waals surface area contributed by atoms with Gasteiger partial charge < -0.3 is 15.7 Å². The predicted octanol–water partition coefficient (Wildman–Crippen LogP) is 3.83. The smallest absolute Gasteiger partial charge is 0.315 e. The topological polar surface area (TPSA) is 78.4 Å². The second kappa shape index (κ2) is 8.11. The standard InChI is InChI=1S/C21H30N2O3/c1-15(21(13-5-6-14-21)17-7-3-2-4-8-17)22-20(26)23-18-11-9-16(10-12-18)19(24)25/h2-4,7-8,15-16,18H,5-6,9-14H2,1H3,(H,24,25)(H2,22,23,26). The van der Waals surface area contributed by atoms with Gasteiger partial charge in [-0.2, -0.15) is 0 Å². The number of carboxylic acids is 1. The molecule has 0 spiro atoms. The van der Waals surface area contributed by atoms with Crippen LogP contribution in [0, 0.1) is 5.92 Å². The van der Waals surface area contributed by atoms with E-state index in [0.717, 1.165) is 25.7 Å². The lowest BCUT2D eigenvalue weighted by atomic mass is 9.73. The largest absolute Gasteiger partial charge is 0.481 e. The summed E-state index contributed by atoms with van der Waals surface area (Å²) in [6.45, 7) is 2.11. The van der Waals surface area contributed by atoms with Gasteiger partial charge in [-0.05, 0) is 51.0 Å². The Morgan fingerprint density at radius 3 is 2.27 bits per heavy atom. The minimum Gasteiger partial charge on any atom is -0.481 e. The summed E-state index contributed by atoms with van der Waals surface area (Å²) >= 11 is 0. The average Bonchev–Trinajstić information content (AvgIpc) is 3.14. The zero-order valence-corrected chi connectivity index (χ0v) is 15.5. The van der Waals surface area contributed by atoms with Crippen molar-refractivity contribution in [1.82, 2.24) is 10.6 Å². The number of aliphatic carboxylic acids is 1. The van der Waals surface area contributed by atoms with Gasteiger partial charge in [0.15, 0.2) is 0 Å². The maximum absolute atomic E-state index is 12.5. The third-order valence-electron chi connectivity index (χ3n) is 6.43. The Morgan fingerprint density at radius 1 is 1.08 bits per heavy atom. The van der Waals surface area contributed by atoms with Crippen molar-refractivity contribution in [2.75, 3.05) is 0 Å². The number of carbonyl (C=O) groups excluding carboxylic acids is 1. The Labute approximate surface area is 155 Å². The normalized spacial score (nSPS) is 26.0. The molecule has 1 aromatic carbocycles. The molecule has 0 aliphatic heterocycles. The summed E-state index contributed by atoms with van der Waals surface area (Å²) in [5, 5.41) is 15.3. The minimum absolute atomic E-state index is 0.0135. The number of hydrogen-bond donors (Lipinski definition) is 3. The lowest BCUT2D eigenvalue weighted by Gasteiger charge is -2.37. The van der Waals surface area contributed by atoms with Crippen molar-refractivity contribution in [2.24, 2.45) is 5.92 Å². The molecule has 2 fully saturated rings. The summed E-state index contributed by atoms with van der Waals surface area (Å²) in [4.78, 5) is 23.6. The lowest BCUT2D eigenvalue weighted by Crippen LogP contribution is -2.53. The fourth-order valence-electron chi connectivity index (χ4n) is 4.79. The quantitative estimate of drug-likeness (QED) is 0.748. The molecular weight excluding hydrogens is 328 g/mol. The number of amides is 2. The highest BCUT2D eigenvalue weighted by Gasteiger charge is 2.41. The van der Waals surface area contributed by atoms with Gasteiger partial charge in [-0.1, -0.05) is 43.2 Å². The Hall–Kier alpha value is -2.04. The van der Waals surface area contributed by atoms with E-state index in [1.807, 2.05) is 6.07 Å². The summed E-state index contributed by atoms with van der Waals surface area (Å²) in [7, 11) is 0. The third kappa shape index (κ3) is 4.02. The summed E-state index contributed by atoms with van der Waals surface area (Å²) in [5.74, 6) is -0.970. The maximum atomic E-state index is 12.5. The molecule has 3 N–H and O–H groups in total. The van der Waals surface area contributed by atoms with Crippen molar-refractivity contribution in [2.45, 2.75) is 75.8 Å². The molecule has 0 bridgehead atoms. The van der Waals surface area contributed by atoms with Gasteiger partial charge >= 0.3 is 12.0 Å². The van der Waals surface area contributed by atoms with E-state index < -0.39 is 5.97 Å². The molecule has 1 aromatic rings. The lowest BCUT2D eigenvalue weighted by molar-refractivity contribution is -0.142. The molecule has 26 heavy (non-hydrogen) atoms. The van der Waals surface area contributed by atoms with E-state index in [2.05, 4.69) is 41.8 Å². The molecular formula is C21H30N2O3. The fourth-order valence-corrected chi connectivity index (χ4v) is 4.79. The first-order valence-electron chi connectivity index (χ1n) is 9.86. The van der Waals surface area contributed by atoms with Gasteiger partial charge in [0, 0.05) is 17.5 Å². The molecule has 0 aromatic heterocycles. The van der Waals surface area contributed by atoms with Gasteiger partial charge in [0.2, 0.25) is 0 Å². The van der Waals surface area contributed by atoms with Gasteiger partial charge in [-0.25, -0.2) is 4.79 Å². The molecule has 0 saturated heterocycles. The van der Waals surface area contributed by atoms with Crippen LogP contribution in [0.2, 0.25) is 0 Å².